The summed E-state index contributed by atoms with van der Waals surface area (Å²) in [6.07, 6.45) is 6.33. The van der Waals surface area contributed by atoms with Crippen LogP contribution >= 0.6 is 0 Å². The zero-order chi connectivity index (χ0) is 16.5. The fourth-order valence-corrected chi connectivity index (χ4v) is 3.49. The Kier molecular flexibility index (Phi) is 3.80. The van der Waals surface area contributed by atoms with Crippen molar-refractivity contribution >= 4 is 27.8 Å². The summed E-state index contributed by atoms with van der Waals surface area (Å²) in [5.41, 5.74) is 1.94. The number of amides is 1. The summed E-state index contributed by atoms with van der Waals surface area (Å²) in [5, 5.41) is 3.99. The summed E-state index contributed by atoms with van der Waals surface area (Å²) in [6, 6.07) is 8.03. The molecule has 1 aliphatic carbocycles. The van der Waals surface area contributed by atoms with Gasteiger partial charge in [0.25, 0.3) is 5.56 Å². The largest absolute Gasteiger partial charge is 0.353 e. The molecule has 124 valence electrons. The average molecular weight is 324 g/mol. The van der Waals surface area contributed by atoms with Gasteiger partial charge in [0, 0.05) is 29.9 Å². The van der Waals surface area contributed by atoms with E-state index in [1.165, 1.54) is 23.7 Å². The first kappa shape index (κ1) is 14.9. The number of fused-ring (bicyclic) bond motifs is 3. The van der Waals surface area contributed by atoms with E-state index < -0.39 is 0 Å². The van der Waals surface area contributed by atoms with Gasteiger partial charge < -0.3 is 10.3 Å². The van der Waals surface area contributed by atoms with Crippen LogP contribution in [0.2, 0.25) is 0 Å². The van der Waals surface area contributed by atoms with E-state index in [0.29, 0.717) is 30.0 Å². The van der Waals surface area contributed by atoms with Crippen molar-refractivity contribution in [1.29, 1.82) is 0 Å². The van der Waals surface area contributed by atoms with Crippen LogP contribution in [0.5, 0.6) is 0 Å². The molecule has 0 bridgehead atoms. The molecule has 0 atom stereocenters. The number of aromatic amines is 1. The van der Waals surface area contributed by atoms with Crippen molar-refractivity contribution < 1.29 is 4.79 Å². The number of hydrogen-bond acceptors (Lipinski definition) is 3. The lowest BCUT2D eigenvalue weighted by Crippen LogP contribution is -2.34. The van der Waals surface area contributed by atoms with Gasteiger partial charge in [-0.15, -0.1) is 0 Å². The van der Waals surface area contributed by atoms with Crippen LogP contribution in [-0.2, 0) is 11.3 Å². The third-order valence-corrected chi connectivity index (χ3v) is 4.78. The van der Waals surface area contributed by atoms with Crippen molar-refractivity contribution in [3.8, 4) is 0 Å². The van der Waals surface area contributed by atoms with E-state index >= 15 is 0 Å². The molecule has 2 aromatic heterocycles. The van der Waals surface area contributed by atoms with Crippen LogP contribution in [0.4, 0.5) is 0 Å². The van der Waals surface area contributed by atoms with Gasteiger partial charge in [-0.3, -0.25) is 14.2 Å². The number of carbonyl (C=O) groups excluding carboxylic acids is 1. The predicted molar refractivity (Wildman–Crippen MR) is 92.9 cm³/mol. The van der Waals surface area contributed by atoms with Gasteiger partial charge in [0.2, 0.25) is 5.91 Å². The predicted octanol–water partition coefficient (Wildman–Crippen LogP) is 2.33. The molecule has 0 aliphatic heterocycles. The van der Waals surface area contributed by atoms with Crippen molar-refractivity contribution in [2.75, 3.05) is 0 Å². The highest BCUT2D eigenvalue weighted by Crippen LogP contribution is 2.20. The topological polar surface area (TPSA) is 79.8 Å². The molecule has 3 aromatic rings. The van der Waals surface area contributed by atoms with Crippen LogP contribution in [-0.4, -0.2) is 26.5 Å². The van der Waals surface area contributed by atoms with E-state index in [-0.39, 0.29) is 11.5 Å². The third kappa shape index (κ3) is 2.68. The molecule has 1 fully saturated rings. The van der Waals surface area contributed by atoms with Gasteiger partial charge in [0.15, 0.2) is 0 Å². The normalized spacial score (nSPS) is 15.3. The zero-order valence-corrected chi connectivity index (χ0v) is 13.4. The quantitative estimate of drug-likeness (QED) is 0.773. The molecule has 0 saturated heterocycles. The summed E-state index contributed by atoms with van der Waals surface area (Å²) in [6.45, 7) is 0.343. The smallest absolute Gasteiger partial charge is 0.277 e. The molecule has 6 heteroatoms. The fourth-order valence-electron chi connectivity index (χ4n) is 3.49. The van der Waals surface area contributed by atoms with Gasteiger partial charge in [0.1, 0.15) is 11.0 Å². The molecular formula is C18H20N4O2. The van der Waals surface area contributed by atoms with Crippen molar-refractivity contribution in [1.82, 2.24) is 19.9 Å². The van der Waals surface area contributed by atoms with Crippen LogP contribution in [0.25, 0.3) is 21.9 Å². The molecule has 0 unspecified atom stereocenters. The summed E-state index contributed by atoms with van der Waals surface area (Å²) in [4.78, 5) is 32.2. The molecule has 2 heterocycles. The Balaban J connectivity index is 1.54. The number of aryl methyl sites for hydroxylation is 1. The number of H-pyrrole nitrogens is 1. The molecular weight excluding hydrogens is 304 g/mol. The summed E-state index contributed by atoms with van der Waals surface area (Å²) in [5.74, 6) is 0.00513. The molecule has 1 aliphatic rings. The Bertz CT molecular complexity index is 950. The SMILES string of the molecule is O=C(CCn1cnc2c([nH]c3ccccc32)c1=O)NC1CCCC1. The summed E-state index contributed by atoms with van der Waals surface area (Å²) < 4.78 is 1.51. The average Bonchev–Trinajstić information content (AvgIpc) is 3.22. The van der Waals surface area contributed by atoms with Gasteiger partial charge in [-0.2, -0.15) is 0 Å². The standard InChI is InChI=1S/C18H20N4O2/c23-15(20-12-5-1-2-6-12)9-10-22-11-19-16-13-7-3-4-8-14(13)21-17(16)18(22)24/h3-4,7-8,11-12,21H,1-2,5-6,9-10H2,(H,20,23). The number of aromatic nitrogens is 3. The number of hydrogen-bond donors (Lipinski definition) is 2. The molecule has 1 aromatic carbocycles. The second kappa shape index (κ2) is 6.11. The monoisotopic (exact) mass is 324 g/mol. The zero-order valence-electron chi connectivity index (χ0n) is 13.4. The van der Waals surface area contributed by atoms with Gasteiger partial charge >= 0.3 is 0 Å². The molecule has 2 N–H and O–H groups in total. The Hall–Kier alpha value is -2.63. The molecule has 0 radical (unpaired) electrons. The maximum Gasteiger partial charge on any atom is 0.277 e. The van der Waals surface area contributed by atoms with Crippen LogP contribution in [0.1, 0.15) is 32.1 Å². The number of nitrogens with zero attached hydrogens (tertiary/aromatic N) is 2. The van der Waals surface area contributed by atoms with Crippen molar-refractivity contribution in [2.45, 2.75) is 44.7 Å². The second-order valence-electron chi connectivity index (χ2n) is 6.44. The fraction of sp³-hybridized carbons (Fsp3) is 0.389. The third-order valence-electron chi connectivity index (χ3n) is 4.78. The summed E-state index contributed by atoms with van der Waals surface area (Å²) in [7, 11) is 0. The van der Waals surface area contributed by atoms with E-state index in [2.05, 4.69) is 15.3 Å². The lowest BCUT2D eigenvalue weighted by molar-refractivity contribution is -0.122. The number of benzene rings is 1. The number of para-hydroxylation sites is 1. The van der Waals surface area contributed by atoms with Crippen LogP contribution in [0.3, 0.4) is 0 Å². The van der Waals surface area contributed by atoms with E-state index in [4.69, 9.17) is 0 Å². The molecule has 1 amide bonds. The van der Waals surface area contributed by atoms with Crippen LogP contribution in [0, 0.1) is 0 Å². The highest BCUT2D eigenvalue weighted by molar-refractivity contribution is 6.04. The molecule has 24 heavy (non-hydrogen) atoms. The van der Waals surface area contributed by atoms with Gasteiger partial charge in [-0.1, -0.05) is 31.0 Å². The molecule has 1 saturated carbocycles. The lowest BCUT2D eigenvalue weighted by Gasteiger charge is -2.12. The highest BCUT2D eigenvalue weighted by atomic mass is 16.2. The van der Waals surface area contributed by atoms with Gasteiger partial charge in [-0.05, 0) is 18.9 Å². The van der Waals surface area contributed by atoms with Crippen LogP contribution in [0.15, 0.2) is 35.4 Å². The minimum Gasteiger partial charge on any atom is -0.353 e. The molecule has 6 nitrogen and oxygen atoms in total. The van der Waals surface area contributed by atoms with E-state index in [9.17, 15) is 9.59 Å². The Labute approximate surface area is 138 Å². The Morgan fingerprint density at radius 1 is 1.29 bits per heavy atom. The van der Waals surface area contributed by atoms with Crippen molar-refractivity contribution in [3.63, 3.8) is 0 Å². The van der Waals surface area contributed by atoms with Gasteiger partial charge in [-0.25, -0.2) is 4.98 Å². The molecule has 4 rings (SSSR count). The van der Waals surface area contributed by atoms with Gasteiger partial charge in [0.05, 0.1) is 6.33 Å². The maximum absolute atomic E-state index is 12.6. The minimum atomic E-state index is -0.134. The highest BCUT2D eigenvalue weighted by Gasteiger charge is 2.17. The maximum atomic E-state index is 12.6. The Morgan fingerprint density at radius 3 is 2.92 bits per heavy atom. The first-order chi connectivity index (χ1) is 11.7. The first-order valence-corrected chi connectivity index (χ1v) is 8.47. The van der Waals surface area contributed by atoms with E-state index in [0.717, 1.165) is 23.7 Å². The number of carbonyl (C=O) groups is 1. The van der Waals surface area contributed by atoms with E-state index in [1.54, 1.807) is 0 Å². The Morgan fingerprint density at radius 2 is 2.08 bits per heavy atom. The number of rotatable bonds is 4. The summed E-state index contributed by atoms with van der Waals surface area (Å²) >= 11 is 0. The first-order valence-electron chi connectivity index (χ1n) is 8.47. The van der Waals surface area contributed by atoms with Crippen molar-refractivity contribution in [3.05, 3.63) is 40.9 Å². The second-order valence-corrected chi connectivity index (χ2v) is 6.44. The molecule has 0 spiro atoms. The van der Waals surface area contributed by atoms with Crippen LogP contribution < -0.4 is 10.9 Å². The van der Waals surface area contributed by atoms with Crippen molar-refractivity contribution in [2.24, 2.45) is 0 Å². The number of nitrogens with one attached hydrogen (secondary N) is 2. The minimum absolute atomic E-state index is 0.00513. The lowest BCUT2D eigenvalue weighted by atomic mass is 10.2. The van der Waals surface area contributed by atoms with E-state index in [1.807, 2.05) is 24.3 Å².